The number of ether oxygens (including phenoxy) is 1. The highest BCUT2D eigenvalue weighted by atomic mass is 16.5. The molecule has 0 amide bonds. The van der Waals surface area contributed by atoms with E-state index in [1.165, 1.54) is 11.1 Å². The predicted molar refractivity (Wildman–Crippen MR) is 80.1 cm³/mol. The fourth-order valence-electron chi connectivity index (χ4n) is 1.65. The molecule has 0 aliphatic heterocycles. The fraction of sp³-hybridized carbons (Fsp3) is 0.176. The maximum atomic E-state index is 5.15. The summed E-state index contributed by atoms with van der Waals surface area (Å²) in [7, 11) is 1.64. The van der Waals surface area contributed by atoms with Crippen molar-refractivity contribution in [3.8, 4) is 0 Å². The zero-order chi connectivity index (χ0) is 13.4. The molecule has 1 heteroatoms. The van der Waals surface area contributed by atoms with E-state index < -0.39 is 0 Å². The average Bonchev–Trinajstić information content (AvgIpc) is 2.44. The highest BCUT2D eigenvalue weighted by Gasteiger charge is 1.98. The first-order valence-electron chi connectivity index (χ1n) is 6.05. The Balaban J connectivity index is 3.01. The highest BCUT2D eigenvalue weighted by Crippen LogP contribution is 2.19. The third-order valence-corrected chi connectivity index (χ3v) is 2.78. The number of hydrogen-bond donors (Lipinski definition) is 0. The van der Waals surface area contributed by atoms with Crippen molar-refractivity contribution in [2.75, 3.05) is 7.11 Å². The van der Waals surface area contributed by atoms with Crippen LogP contribution in [-0.2, 0) is 4.74 Å². The molecule has 0 unspecified atom stereocenters. The molecule has 94 valence electrons. The lowest BCUT2D eigenvalue weighted by Gasteiger charge is -2.05. The van der Waals surface area contributed by atoms with E-state index in [2.05, 4.69) is 50.4 Å². The van der Waals surface area contributed by atoms with Crippen LogP contribution in [0.25, 0.3) is 11.6 Å². The molecule has 0 heterocycles. The van der Waals surface area contributed by atoms with Gasteiger partial charge in [0, 0.05) is 0 Å². The van der Waals surface area contributed by atoms with Crippen LogP contribution in [0.5, 0.6) is 0 Å². The van der Waals surface area contributed by atoms with Crippen LogP contribution in [0.4, 0.5) is 0 Å². The minimum absolute atomic E-state index is 0.767. The van der Waals surface area contributed by atoms with Gasteiger partial charge in [0.1, 0.15) is 5.76 Å². The number of allylic oxidation sites excluding steroid dienone is 4. The Hall–Kier alpha value is -2.02. The molecule has 0 saturated carbocycles. The summed E-state index contributed by atoms with van der Waals surface area (Å²) in [5.41, 5.74) is 3.62. The summed E-state index contributed by atoms with van der Waals surface area (Å²) in [6, 6.07) is 8.36. The Labute approximate surface area is 110 Å². The average molecular weight is 240 g/mol. The molecule has 0 spiro atoms. The zero-order valence-electron chi connectivity index (χ0n) is 11.1. The molecule has 1 rings (SSSR count). The molecule has 18 heavy (non-hydrogen) atoms. The molecule has 0 saturated heterocycles. The van der Waals surface area contributed by atoms with E-state index >= 15 is 0 Å². The molecule has 1 nitrogen and oxygen atoms in total. The molecule has 0 fully saturated rings. The van der Waals surface area contributed by atoms with Crippen LogP contribution in [-0.4, -0.2) is 7.11 Å². The molecular weight excluding hydrogens is 220 g/mol. The summed E-state index contributed by atoms with van der Waals surface area (Å²) in [5, 5.41) is 0. The molecule has 0 atom stereocenters. The molecule has 0 aromatic heterocycles. The number of methoxy groups -OCH3 is 1. The van der Waals surface area contributed by atoms with Gasteiger partial charge in [0.2, 0.25) is 0 Å². The normalized spacial score (nSPS) is 12.1. The third kappa shape index (κ3) is 3.77. The van der Waals surface area contributed by atoms with E-state index in [0.29, 0.717) is 0 Å². The highest BCUT2D eigenvalue weighted by molar-refractivity contribution is 5.68. The third-order valence-electron chi connectivity index (χ3n) is 2.78. The molecule has 0 radical (unpaired) electrons. The van der Waals surface area contributed by atoms with Crippen LogP contribution in [0.15, 0.2) is 61.4 Å². The zero-order valence-corrected chi connectivity index (χ0v) is 11.1. The Morgan fingerprint density at radius 1 is 1.17 bits per heavy atom. The van der Waals surface area contributed by atoms with Gasteiger partial charge in [-0.3, -0.25) is 0 Å². The molecule has 0 aliphatic rings. The molecule has 1 aromatic rings. The Bertz CT molecular complexity index is 461. The van der Waals surface area contributed by atoms with Crippen LogP contribution in [0, 0.1) is 0 Å². The standard InChI is InChI=1S/C17H20O/c1-5-14-8-10-16(11-9-14)15(6-2)12-13-17(7-3)18-4/h5,7-13H,1,3,6H2,2,4H3/b15-12+,17-13+. The number of benzene rings is 1. The molecule has 0 aliphatic carbocycles. The van der Waals surface area contributed by atoms with E-state index in [1.54, 1.807) is 13.2 Å². The first-order valence-corrected chi connectivity index (χ1v) is 6.05. The van der Waals surface area contributed by atoms with Crippen molar-refractivity contribution in [2.45, 2.75) is 13.3 Å². The van der Waals surface area contributed by atoms with Crippen LogP contribution in [0.2, 0.25) is 0 Å². The fourth-order valence-corrected chi connectivity index (χ4v) is 1.65. The van der Waals surface area contributed by atoms with Gasteiger partial charge in [0.05, 0.1) is 7.11 Å². The van der Waals surface area contributed by atoms with E-state index in [9.17, 15) is 0 Å². The number of rotatable bonds is 6. The Morgan fingerprint density at radius 2 is 1.83 bits per heavy atom. The van der Waals surface area contributed by atoms with Gasteiger partial charge in [-0.05, 0) is 35.3 Å². The van der Waals surface area contributed by atoms with E-state index in [0.717, 1.165) is 17.7 Å². The van der Waals surface area contributed by atoms with Gasteiger partial charge >= 0.3 is 0 Å². The molecule has 0 N–H and O–H groups in total. The second-order valence-electron chi connectivity index (χ2n) is 3.85. The minimum atomic E-state index is 0.767. The summed E-state index contributed by atoms with van der Waals surface area (Å²) < 4.78 is 5.15. The van der Waals surface area contributed by atoms with Crippen molar-refractivity contribution in [3.63, 3.8) is 0 Å². The van der Waals surface area contributed by atoms with Gasteiger partial charge in [-0.1, -0.05) is 56.5 Å². The van der Waals surface area contributed by atoms with E-state index in [-0.39, 0.29) is 0 Å². The largest absolute Gasteiger partial charge is 0.497 e. The first kappa shape index (κ1) is 14.0. The van der Waals surface area contributed by atoms with Gasteiger partial charge in [-0.15, -0.1) is 0 Å². The molecule has 1 aromatic carbocycles. The summed E-state index contributed by atoms with van der Waals surface area (Å²) in [4.78, 5) is 0. The predicted octanol–water partition coefficient (Wildman–Crippen LogP) is 4.84. The van der Waals surface area contributed by atoms with Gasteiger partial charge in [-0.25, -0.2) is 0 Å². The van der Waals surface area contributed by atoms with Crippen LogP contribution < -0.4 is 0 Å². The number of hydrogen-bond acceptors (Lipinski definition) is 1. The van der Waals surface area contributed by atoms with Crippen molar-refractivity contribution in [2.24, 2.45) is 0 Å². The van der Waals surface area contributed by atoms with Crippen molar-refractivity contribution < 1.29 is 4.74 Å². The maximum absolute atomic E-state index is 5.15. The Morgan fingerprint density at radius 3 is 2.28 bits per heavy atom. The monoisotopic (exact) mass is 240 g/mol. The summed E-state index contributed by atoms with van der Waals surface area (Å²) in [6.07, 6.45) is 8.53. The summed E-state index contributed by atoms with van der Waals surface area (Å²) in [5.74, 6) is 0.767. The van der Waals surface area contributed by atoms with Crippen LogP contribution >= 0.6 is 0 Å². The lowest BCUT2D eigenvalue weighted by Crippen LogP contribution is -1.84. The summed E-state index contributed by atoms with van der Waals surface area (Å²) >= 11 is 0. The second kappa shape index (κ2) is 7.33. The van der Waals surface area contributed by atoms with Crippen LogP contribution in [0.3, 0.4) is 0 Å². The molecular formula is C17H20O. The maximum Gasteiger partial charge on any atom is 0.118 e. The smallest absolute Gasteiger partial charge is 0.118 e. The van der Waals surface area contributed by atoms with E-state index in [4.69, 9.17) is 4.74 Å². The van der Waals surface area contributed by atoms with E-state index in [1.807, 2.05) is 12.2 Å². The molecule has 0 bridgehead atoms. The quantitative estimate of drug-likeness (QED) is 0.510. The van der Waals surface area contributed by atoms with Crippen molar-refractivity contribution in [1.82, 2.24) is 0 Å². The lowest BCUT2D eigenvalue weighted by molar-refractivity contribution is 0.307. The lowest BCUT2D eigenvalue weighted by atomic mass is 10.0. The van der Waals surface area contributed by atoms with Gasteiger partial charge in [0.15, 0.2) is 0 Å². The van der Waals surface area contributed by atoms with Gasteiger partial charge in [-0.2, -0.15) is 0 Å². The van der Waals surface area contributed by atoms with Crippen molar-refractivity contribution >= 4 is 11.6 Å². The van der Waals surface area contributed by atoms with Crippen molar-refractivity contribution in [1.29, 1.82) is 0 Å². The van der Waals surface area contributed by atoms with Gasteiger partial charge in [0.25, 0.3) is 0 Å². The second-order valence-corrected chi connectivity index (χ2v) is 3.85. The van der Waals surface area contributed by atoms with Gasteiger partial charge < -0.3 is 4.74 Å². The van der Waals surface area contributed by atoms with Crippen molar-refractivity contribution in [3.05, 3.63) is 72.5 Å². The Kier molecular flexibility index (Phi) is 5.72. The topological polar surface area (TPSA) is 9.23 Å². The first-order chi connectivity index (χ1) is 8.74. The minimum Gasteiger partial charge on any atom is -0.497 e. The summed E-state index contributed by atoms with van der Waals surface area (Å²) in [6.45, 7) is 9.59. The SMILES string of the molecule is C=C/C(=C\C=C(/CC)c1ccc(C=C)cc1)OC. The van der Waals surface area contributed by atoms with Crippen LogP contribution in [0.1, 0.15) is 24.5 Å².